The van der Waals surface area contributed by atoms with Crippen LogP contribution in [0.1, 0.15) is 38.3 Å². The molecule has 2 rings (SSSR count). The van der Waals surface area contributed by atoms with Crippen LogP contribution in [-0.2, 0) is 16.0 Å². The molecule has 1 aromatic rings. The Morgan fingerprint density at radius 2 is 2.08 bits per heavy atom. The summed E-state index contributed by atoms with van der Waals surface area (Å²) in [6.07, 6.45) is 5.31. The fourth-order valence-corrected chi connectivity index (χ4v) is 3.47. The maximum Gasteiger partial charge on any atom is 0.249 e. The van der Waals surface area contributed by atoms with E-state index in [0.717, 1.165) is 32.5 Å². The number of ether oxygens (including phenoxy) is 1. The summed E-state index contributed by atoms with van der Waals surface area (Å²) in [5.41, 5.74) is 2.74. The van der Waals surface area contributed by atoms with Crippen molar-refractivity contribution in [2.24, 2.45) is 0 Å². The number of hydrogen-bond acceptors (Lipinski definition) is 3. The molecule has 1 heterocycles. The molecule has 1 fully saturated rings. The van der Waals surface area contributed by atoms with Gasteiger partial charge in [0, 0.05) is 31.2 Å². The molecular formula is C21H32N2O2. The number of carbonyl (C=O) groups is 1. The maximum atomic E-state index is 12.3. The second kappa shape index (κ2) is 9.62. The van der Waals surface area contributed by atoms with E-state index in [-0.39, 0.29) is 11.9 Å². The van der Waals surface area contributed by atoms with Crippen LogP contribution in [0.15, 0.2) is 36.6 Å². The fraction of sp³-hybridized carbons (Fsp3) is 0.571. The Morgan fingerprint density at radius 3 is 2.80 bits per heavy atom. The predicted molar refractivity (Wildman–Crippen MR) is 102 cm³/mol. The van der Waals surface area contributed by atoms with Crippen LogP contribution in [0.2, 0.25) is 0 Å². The Balaban J connectivity index is 1.82. The number of aryl methyl sites for hydroxylation is 2. The van der Waals surface area contributed by atoms with Crippen molar-refractivity contribution in [2.45, 2.75) is 52.6 Å². The molecule has 25 heavy (non-hydrogen) atoms. The van der Waals surface area contributed by atoms with Gasteiger partial charge in [0.25, 0.3) is 0 Å². The highest BCUT2D eigenvalue weighted by atomic mass is 16.5. The van der Waals surface area contributed by atoms with Crippen LogP contribution < -0.4 is 0 Å². The lowest BCUT2D eigenvalue weighted by molar-refractivity contribution is -0.131. The van der Waals surface area contributed by atoms with Crippen molar-refractivity contribution in [3.05, 3.63) is 47.7 Å². The molecule has 1 saturated heterocycles. The molecule has 1 aliphatic rings. The molecule has 0 saturated carbocycles. The van der Waals surface area contributed by atoms with Gasteiger partial charge in [0.1, 0.15) is 0 Å². The molecule has 0 aliphatic carbocycles. The average Bonchev–Trinajstić information content (AvgIpc) is 2.58. The van der Waals surface area contributed by atoms with Gasteiger partial charge < -0.3 is 9.64 Å². The topological polar surface area (TPSA) is 32.8 Å². The third-order valence-corrected chi connectivity index (χ3v) is 4.86. The van der Waals surface area contributed by atoms with Crippen molar-refractivity contribution in [3.8, 4) is 0 Å². The van der Waals surface area contributed by atoms with Gasteiger partial charge in [0.15, 0.2) is 0 Å². The van der Waals surface area contributed by atoms with Gasteiger partial charge in [-0.05, 0) is 52.6 Å². The van der Waals surface area contributed by atoms with Crippen molar-refractivity contribution in [2.75, 3.05) is 26.2 Å². The molecule has 0 bridgehead atoms. The number of rotatable bonds is 7. The Hall–Kier alpha value is -1.81. The third kappa shape index (κ3) is 5.89. The van der Waals surface area contributed by atoms with Crippen LogP contribution in [-0.4, -0.2) is 54.0 Å². The van der Waals surface area contributed by atoms with Gasteiger partial charge in [-0.25, -0.2) is 0 Å². The monoisotopic (exact) mass is 344 g/mol. The first-order valence-corrected chi connectivity index (χ1v) is 9.39. The Kier molecular flexibility index (Phi) is 7.51. The molecule has 138 valence electrons. The van der Waals surface area contributed by atoms with Crippen LogP contribution in [0.25, 0.3) is 0 Å². The van der Waals surface area contributed by atoms with E-state index in [2.05, 4.69) is 49.9 Å². The van der Waals surface area contributed by atoms with E-state index in [0.29, 0.717) is 12.6 Å². The summed E-state index contributed by atoms with van der Waals surface area (Å²) in [5, 5.41) is 0. The van der Waals surface area contributed by atoms with Gasteiger partial charge in [-0.1, -0.05) is 29.8 Å². The molecule has 0 radical (unpaired) electrons. The Bertz CT molecular complexity index is 585. The number of benzene rings is 1. The van der Waals surface area contributed by atoms with Gasteiger partial charge in [-0.2, -0.15) is 0 Å². The summed E-state index contributed by atoms with van der Waals surface area (Å²) in [6.45, 7) is 11.8. The van der Waals surface area contributed by atoms with E-state index in [1.54, 1.807) is 6.08 Å². The second-order valence-corrected chi connectivity index (χ2v) is 7.03. The van der Waals surface area contributed by atoms with Crippen molar-refractivity contribution < 1.29 is 9.53 Å². The molecule has 1 amide bonds. The maximum absolute atomic E-state index is 12.3. The van der Waals surface area contributed by atoms with E-state index in [1.807, 2.05) is 11.8 Å². The van der Waals surface area contributed by atoms with E-state index in [9.17, 15) is 4.79 Å². The summed E-state index contributed by atoms with van der Waals surface area (Å²) in [7, 11) is 0. The summed E-state index contributed by atoms with van der Waals surface area (Å²) >= 11 is 0. The van der Waals surface area contributed by atoms with E-state index >= 15 is 0 Å². The molecule has 0 unspecified atom stereocenters. The summed E-state index contributed by atoms with van der Waals surface area (Å²) in [6, 6.07) is 9.37. The molecule has 1 aliphatic heterocycles. The normalized spacial score (nSPS) is 21.7. The van der Waals surface area contributed by atoms with Gasteiger partial charge in [0.05, 0.1) is 12.9 Å². The van der Waals surface area contributed by atoms with Crippen LogP contribution in [0.4, 0.5) is 0 Å². The standard InChI is InChI=1S/C21H32N2O2/c1-5-25-13-11-21(24)23-16-18(3)22(15-19(23)4)12-7-10-20-9-6-8-17(2)14-20/h6,8-9,11,13-14,18-19H,5,7,10,12,15-16H2,1-4H3/t18-,19+/m1/s1. The molecule has 0 N–H and O–H groups in total. The SMILES string of the molecule is CCOC=CC(=O)N1C[C@@H](C)N(CCCc2cccc(C)c2)C[C@@H]1C. The van der Waals surface area contributed by atoms with Crippen molar-refractivity contribution in [1.29, 1.82) is 0 Å². The van der Waals surface area contributed by atoms with Crippen molar-refractivity contribution in [1.82, 2.24) is 9.80 Å². The minimum atomic E-state index is 0.0483. The largest absolute Gasteiger partial charge is 0.501 e. The number of amides is 1. The molecule has 1 aromatic carbocycles. The average molecular weight is 344 g/mol. The lowest BCUT2D eigenvalue weighted by Crippen LogP contribution is -2.57. The fourth-order valence-electron chi connectivity index (χ4n) is 3.47. The predicted octanol–water partition coefficient (Wildman–Crippen LogP) is 3.40. The molecular weight excluding hydrogens is 312 g/mol. The molecule has 4 heteroatoms. The highest BCUT2D eigenvalue weighted by Crippen LogP contribution is 2.17. The first-order chi connectivity index (χ1) is 12.0. The van der Waals surface area contributed by atoms with E-state index in [1.165, 1.54) is 17.4 Å². The van der Waals surface area contributed by atoms with Crippen LogP contribution >= 0.6 is 0 Å². The summed E-state index contributed by atoms with van der Waals surface area (Å²) < 4.78 is 5.14. The number of piperazine rings is 1. The number of hydrogen-bond donors (Lipinski definition) is 0. The zero-order valence-corrected chi connectivity index (χ0v) is 16.1. The zero-order valence-electron chi connectivity index (χ0n) is 16.1. The smallest absolute Gasteiger partial charge is 0.249 e. The first-order valence-electron chi connectivity index (χ1n) is 9.39. The zero-order chi connectivity index (χ0) is 18.2. The van der Waals surface area contributed by atoms with Crippen molar-refractivity contribution in [3.63, 3.8) is 0 Å². The van der Waals surface area contributed by atoms with Crippen LogP contribution in [0.5, 0.6) is 0 Å². The lowest BCUT2D eigenvalue weighted by Gasteiger charge is -2.43. The molecule has 0 spiro atoms. The highest BCUT2D eigenvalue weighted by molar-refractivity contribution is 5.87. The van der Waals surface area contributed by atoms with E-state index in [4.69, 9.17) is 4.74 Å². The van der Waals surface area contributed by atoms with Crippen molar-refractivity contribution >= 4 is 5.91 Å². The molecule has 4 nitrogen and oxygen atoms in total. The van der Waals surface area contributed by atoms with Crippen LogP contribution in [0, 0.1) is 6.92 Å². The van der Waals surface area contributed by atoms with Gasteiger partial charge in [0.2, 0.25) is 5.91 Å². The summed E-state index contributed by atoms with van der Waals surface area (Å²) in [4.78, 5) is 16.8. The van der Waals surface area contributed by atoms with Crippen LogP contribution in [0.3, 0.4) is 0 Å². The first kappa shape index (κ1) is 19.5. The number of carbonyl (C=O) groups excluding carboxylic acids is 1. The lowest BCUT2D eigenvalue weighted by atomic mass is 10.0. The highest BCUT2D eigenvalue weighted by Gasteiger charge is 2.30. The van der Waals surface area contributed by atoms with Gasteiger partial charge in [-0.15, -0.1) is 0 Å². The summed E-state index contributed by atoms with van der Waals surface area (Å²) in [5.74, 6) is 0.0483. The second-order valence-electron chi connectivity index (χ2n) is 7.03. The molecule has 2 atom stereocenters. The number of nitrogens with zero attached hydrogens (tertiary/aromatic N) is 2. The Morgan fingerprint density at radius 1 is 1.28 bits per heavy atom. The van der Waals surface area contributed by atoms with E-state index < -0.39 is 0 Å². The van der Waals surface area contributed by atoms with Gasteiger partial charge >= 0.3 is 0 Å². The van der Waals surface area contributed by atoms with Gasteiger partial charge in [-0.3, -0.25) is 9.69 Å². The molecule has 0 aromatic heterocycles. The minimum absolute atomic E-state index is 0.0483. The third-order valence-electron chi connectivity index (χ3n) is 4.86. The Labute approximate surface area is 152 Å². The minimum Gasteiger partial charge on any atom is -0.501 e. The quantitative estimate of drug-likeness (QED) is 0.561.